The van der Waals surface area contributed by atoms with E-state index in [2.05, 4.69) is 10.2 Å². The lowest BCUT2D eigenvalue weighted by Crippen LogP contribution is -2.35. The van der Waals surface area contributed by atoms with E-state index in [1.807, 2.05) is 0 Å². The van der Waals surface area contributed by atoms with Gasteiger partial charge in [-0.05, 0) is 51.9 Å². The van der Waals surface area contributed by atoms with Crippen LogP contribution in [0.3, 0.4) is 0 Å². The average Bonchev–Trinajstić information content (AvgIpc) is 2.68. The van der Waals surface area contributed by atoms with Crippen molar-refractivity contribution < 1.29 is 0 Å². The molecule has 1 saturated heterocycles. The molecule has 0 aromatic carbocycles. The largest absolute Gasteiger partial charge is 0.317 e. The highest BCUT2D eigenvalue weighted by Crippen LogP contribution is 2.26. The molecule has 2 rings (SSSR count). The molecule has 2 fully saturated rings. The van der Waals surface area contributed by atoms with Crippen LogP contribution in [0.1, 0.15) is 25.7 Å². The Hall–Kier alpha value is -0.0800. The van der Waals surface area contributed by atoms with Gasteiger partial charge in [0.05, 0.1) is 0 Å². The Morgan fingerprint density at radius 2 is 1.64 bits per heavy atom. The fourth-order valence-corrected chi connectivity index (χ4v) is 1.86. The maximum Gasteiger partial charge on any atom is 0.00964 e. The quantitative estimate of drug-likeness (QED) is 0.602. The van der Waals surface area contributed by atoms with Gasteiger partial charge in [0.15, 0.2) is 0 Å². The Balaban J connectivity index is 1.76. The van der Waals surface area contributed by atoms with Crippen LogP contribution in [-0.4, -0.2) is 37.1 Å². The second-order valence-electron chi connectivity index (χ2n) is 3.72. The molecule has 1 N–H and O–H groups in total. The van der Waals surface area contributed by atoms with Gasteiger partial charge in [-0.3, -0.25) is 0 Å². The molecular formula is C9H18N2. The first-order valence-electron chi connectivity index (χ1n) is 4.91. The summed E-state index contributed by atoms with van der Waals surface area (Å²) in [6, 6.07) is 0.980. The van der Waals surface area contributed by atoms with Crippen molar-refractivity contribution in [1.82, 2.24) is 10.2 Å². The summed E-state index contributed by atoms with van der Waals surface area (Å²) >= 11 is 0. The van der Waals surface area contributed by atoms with Crippen LogP contribution in [0.5, 0.6) is 0 Å². The van der Waals surface area contributed by atoms with Crippen molar-refractivity contribution in [2.45, 2.75) is 31.7 Å². The first-order chi connectivity index (χ1) is 5.47. The predicted molar refractivity (Wildman–Crippen MR) is 46.7 cm³/mol. The summed E-state index contributed by atoms with van der Waals surface area (Å²) < 4.78 is 0. The van der Waals surface area contributed by atoms with Gasteiger partial charge in [0, 0.05) is 6.04 Å². The lowest BCUT2D eigenvalue weighted by atomic mass is 10.2. The first kappa shape index (κ1) is 7.56. The molecule has 1 heterocycles. The molecule has 0 atom stereocenters. The maximum atomic E-state index is 3.44. The molecule has 2 aliphatic rings. The van der Waals surface area contributed by atoms with Crippen LogP contribution in [0.25, 0.3) is 0 Å². The van der Waals surface area contributed by atoms with Crippen LogP contribution >= 0.6 is 0 Å². The minimum atomic E-state index is 0.980. The summed E-state index contributed by atoms with van der Waals surface area (Å²) in [5.74, 6) is 0. The fraction of sp³-hybridized carbons (Fsp3) is 1.00. The van der Waals surface area contributed by atoms with Gasteiger partial charge >= 0.3 is 0 Å². The summed E-state index contributed by atoms with van der Waals surface area (Å²) in [5.41, 5.74) is 0. The molecule has 2 nitrogen and oxygen atoms in total. The van der Waals surface area contributed by atoms with E-state index in [0.29, 0.717) is 0 Å². The summed E-state index contributed by atoms with van der Waals surface area (Å²) in [4.78, 5) is 2.68. The monoisotopic (exact) mass is 154 g/mol. The lowest BCUT2D eigenvalue weighted by Gasteiger charge is -2.24. The fourth-order valence-electron chi connectivity index (χ4n) is 1.86. The van der Waals surface area contributed by atoms with E-state index in [-0.39, 0.29) is 0 Å². The van der Waals surface area contributed by atoms with Crippen LogP contribution in [-0.2, 0) is 0 Å². The second kappa shape index (κ2) is 3.55. The van der Waals surface area contributed by atoms with Crippen molar-refractivity contribution in [3.8, 4) is 0 Å². The van der Waals surface area contributed by atoms with Gasteiger partial charge in [-0.25, -0.2) is 0 Å². The first-order valence-corrected chi connectivity index (χ1v) is 4.91. The van der Waals surface area contributed by atoms with Gasteiger partial charge in [0.1, 0.15) is 0 Å². The predicted octanol–water partition coefficient (Wildman–Crippen LogP) is 0.834. The van der Waals surface area contributed by atoms with Crippen molar-refractivity contribution >= 4 is 0 Å². The zero-order valence-corrected chi connectivity index (χ0v) is 7.18. The highest BCUT2D eigenvalue weighted by Gasteiger charge is 2.28. The summed E-state index contributed by atoms with van der Waals surface area (Å²) in [6.07, 6.45) is 5.62. The smallest absolute Gasteiger partial charge is 0.00964 e. The van der Waals surface area contributed by atoms with Crippen LogP contribution in [0, 0.1) is 0 Å². The van der Waals surface area contributed by atoms with E-state index in [9.17, 15) is 0 Å². The van der Waals surface area contributed by atoms with Crippen molar-refractivity contribution in [1.29, 1.82) is 0 Å². The van der Waals surface area contributed by atoms with E-state index in [0.717, 1.165) is 6.04 Å². The molecule has 11 heavy (non-hydrogen) atoms. The van der Waals surface area contributed by atoms with E-state index < -0.39 is 0 Å². The van der Waals surface area contributed by atoms with Gasteiger partial charge in [0.25, 0.3) is 0 Å². The molecule has 0 unspecified atom stereocenters. The van der Waals surface area contributed by atoms with Gasteiger partial charge in [0.2, 0.25) is 0 Å². The maximum absolute atomic E-state index is 3.44. The molecule has 1 aliphatic carbocycles. The SMILES string of the molecule is C1CNCCCN(C2CC2)C1. The van der Waals surface area contributed by atoms with E-state index in [1.165, 1.54) is 51.9 Å². The van der Waals surface area contributed by atoms with Gasteiger partial charge < -0.3 is 10.2 Å². The minimum absolute atomic E-state index is 0.980. The average molecular weight is 154 g/mol. The highest BCUT2D eigenvalue weighted by molar-refractivity contribution is 4.85. The number of nitrogens with one attached hydrogen (secondary N) is 1. The molecule has 0 aromatic heterocycles. The molecule has 0 spiro atoms. The zero-order chi connectivity index (χ0) is 7.52. The number of rotatable bonds is 1. The molecule has 64 valence electrons. The van der Waals surface area contributed by atoms with Gasteiger partial charge in [-0.15, -0.1) is 0 Å². The standard InChI is InChI=1S/C9H18N2/c1-5-10-6-2-8-11(7-1)9-3-4-9/h9-10H,1-8H2. The summed E-state index contributed by atoms with van der Waals surface area (Å²) in [5, 5.41) is 3.44. The molecule has 0 radical (unpaired) electrons. The second-order valence-corrected chi connectivity index (χ2v) is 3.72. The van der Waals surface area contributed by atoms with Crippen molar-refractivity contribution in [2.75, 3.05) is 26.2 Å². The van der Waals surface area contributed by atoms with E-state index in [4.69, 9.17) is 0 Å². The van der Waals surface area contributed by atoms with Crippen LogP contribution in [0.4, 0.5) is 0 Å². The molecule has 0 amide bonds. The highest BCUT2D eigenvalue weighted by atomic mass is 15.2. The van der Waals surface area contributed by atoms with E-state index in [1.54, 1.807) is 0 Å². The van der Waals surface area contributed by atoms with Crippen molar-refractivity contribution in [3.05, 3.63) is 0 Å². The Morgan fingerprint density at radius 1 is 1.00 bits per heavy atom. The zero-order valence-electron chi connectivity index (χ0n) is 7.18. The summed E-state index contributed by atoms with van der Waals surface area (Å²) in [6.45, 7) is 5.11. The number of hydrogen-bond acceptors (Lipinski definition) is 2. The van der Waals surface area contributed by atoms with E-state index >= 15 is 0 Å². The number of hydrogen-bond donors (Lipinski definition) is 1. The minimum Gasteiger partial charge on any atom is -0.317 e. The third-order valence-electron chi connectivity index (χ3n) is 2.66. The van der Waals surface area contributed by atoms with Gasteiger partial charge in [-0.2, -0.15) is 0 Å². The topological polar surface area (TPSA) is 15.3 Å². The molecule has 1 aliphatic heterocycles. The Kier molecular flexibility index (Phi) is 2.44. The Morgan fingerprint density at radius 3 is 2.18 bits per heavy atom. The third-order valence-corrected chi connectivity index (χ3v) is 2.66. The molecule has 1 saturated carbocycles. The Bertz CT molecular complexity index is 113. The van der Waals surface area contributed by atoms with Gasteiger partial charge in [-0.1, -0.05) is 0 Å². The summed E-state index contributed by atoms with van der Waals surface area (Å²) in [7, 11) is 0. The van der Waals surface area contributed by atoms with Crippen LogP contribution in [0.2, 0.25) is 0 Å². The van der Waals surface area contributed by atoms with Crippen LogP contribution < -0.4 is 5.32 Å². The molecule has 2 heteroatoms. The Labute approximate surface area is 69.0 Å². The third kappa shape index (κ3) is 2.17. The van der Waals surface area contributed by atoms with Crippen molar-refractivity contribution in [3.63, 3.8) is 0 Å². The number of nitrogens with zero attached hydrogens (tertiary/aromatic N) is 1. The molecule has 0 aromatic rings. The van der Waals surface area contributed by atoms with Crippen molar-refractivity contribution in [2.24, 2.45) is 0 Å². The lowest BCUT2D eigenvalue weighted by molar-refractivity contribution is 0.243. The molecule has 0 bridgehead atoms. The normalized spacial score (nSPS) is 29.5. The van der Waals surface area contributed by atoms with Crippen LogP contribution in [0.15, 0.2) is 0 Å². The molecular weight excluding hydrogens is 136 g/mol.